The van der Waals surface area contributed by atoms with Gasteiger partial charge in [-0.2, -0.15) is 0 Å². The van der Waals surface area contributed by atoms with Crippen molar-refractivity contribution in [3.8, 4) is 11.4 Å². The molecule has 0 radical (unpaired) electrons. The Morgan fingerprint density at radius 3 is 2.71 bits per heavy atom. The number of amides is 1. The molecule has 1 N–H and O–H groups in total. The lowest BCUT2D eigenvalue weighted by Crippen LogP contribution is -2.37. The number of hydrogen-bond donors (Lipinski definition) is 1. The number of carbonyl (C=O) groups excluding carboxylic acids is 1. The lowest BCUT2D eigenvalue weighted by molar-refractivity contribution is -0.122. The third-order valence-corrected chi connectivity index (χ3v) is 7.33. The first kappa shape index (κ1) is 19.2. The van der Waals surface area contributed by atoms with E-state index in [0.29, 0.717) is 27.9 Å². The lowest BCUT2D eigenvalue weighted by Gasteiger charge is -2.14. The number of imidazole rings is 1. The van der Waals surface area contributed by atoms with Crippen LogP contribution >= 0.6 is 23.2 Å². The fourth-order valence-electron chi connectivity index (χ4n) is 3.44. The second-order valence-corrected chi connectivity index (χ2v) is 9.79. The average molecular weight is 438 g/mol. The molecule has 1 fully saturated rings. The summed E-state index contributed by atoms with van der Waals surface area (Å²) in [6.45, 7) is -0.00473. The van der Waals surface area contributed by atoms with Crippen molar-refractivity contribution in [1.82, 2.24) is 14.9 Å². The zero-order valence-electron chi connectivity index (χ0n) is 14.7. The van der Waals surface area contributed by atoms with E-state index in [1.165, 1.54) is 0 Å². The molecule has 1 unspecified atom stereocenters. The van der Waals surface area contributed by atoms with Gasteiger partial charge in [-0.05, 0) is 30.7 Å². The highest BCUT2D eigenvalue weighted by molar-refractivity contribution is 7.91. The Morgan fingerprint density at radius 2 is 1.96 bits per heavy atom. The molecule has 1 amide bonds. The van der Waals surface area contributed by atoms with E-state index in [1.54, 1.807) is 22.8 Å². The molecule has 1 atom stereocenters. The molecule has 0 aliphatic carbocycles. The summed E-state index contributed by atoms with van der Waals surface area (Å²) in [6, 6.07) is 12.4. The standard InChI is InChI=1S/C19H17Cl2N3O3S/c20-14-5-3-4-13(18(14)21)19-23-15-6-1-2-7-16(15)24(19)10-17(25)22-12-8-9-28(26,27)11-12/h1-7,12H,8-11H2,(H,22,25). The Kier molecular flexibility index (Phi) is 5.07. The van der Waals surface area contributed by atoms with Crippen LogP contribution in [0.2, 0.25) is 10.0 Å². The van der Waals surface area contributed by atoms with Gasteiger partial charge in [0.05, 0.1) is 32.6 Å². The molecule has 0 bridgehead atoms. The van der Waals surface area contributed by atoms with Crippen molar-refractivity contribution < 1.29 is 13.2 Å². The number of hydrogen-bond acceptors (Lipinski definition) is 4. The summed E-state index contributed by atoms with van der Waals surface area (Å²) in [5.41, 5.74) is 2.13. The Balaban J connectivity index is 1.70. The SMILES string of the molecule is O=C(Cn1c(-c2cccc(Cl)c2Cl)nc2ccccc21)NC1CCS(=O)(=O)C1. The maximum atomic E-state index is 12.6. The fraction of sp³-hybridized carbons (Fsp3) is 0.263. The van der Waals surface area contributed by atoms with Crippen LogP contribution in [0, 0.1) is 0 Å². The highest BCUT2D eigenvalue weighted by Gasteiger charge is 2.29. The molecule has 1 saturated heterocycles. The number of para-hydroxylation sites is 2. The van der Waals surface area contributed by atoms with Crippen molar-refractivity contribution in [2.75, 3.05) is 11.5 Å². The molecule has 1 aliphatic rings. The number of benzene rings is 2. The van der Waals surface area contributed by atoms with Gasteiger partial charge in [0.1, 0.15) is 12.4 Å². The number of sulfone groups is 1. The number of nitrogens with zero attached hydrogens (tertiary/aromatic N) is 2. The Labute approximate surface area is 172 Å². The zero-order chi connectivity index (χ0) is 19.9. The first-order valence-electron chi connectivity index (χ1n) is 8.73. The minimum absolute atomic E-state index is 0.00473. The molecule has 1 aromatic heterocycles. The third-order valence-electron chi connectivity index (χ3n) is 4.75. The average Bonchev–Trinajstić information content (AvgIpc) is 3.17. The number of fused-ring (bicyclic) bond motifs is 1. The maximum Gasteiger partial charge on any atom is 0.240 e. The number of halogens is 2. The van der Waals surface area contributed by atoms with Gasteiger partial charge in [0, 0.05) is 11.6 Å². The van der Waals surface area contributed by atoms with Gasteiger partial charge in [-0.15, -0.1) is 0 Å². The molecule has 0 spiro atoms. The van der Waals surface area contributed by atoms with E-state index < -0.39 is 9.84 Å². The molecule has 146 valence electrons. The van der Waals surface area contributed by atoms with E-state index in [4.69, 9.17) is 23.2 Å². The smallest absolute Gasteiger partial charge is 0.240 e. The van der Waals surface area contributed by atoms with Crippen molar-refractivity contribution in [2.45, 2.75) is 19.0 Å². The van der Waals surface area contributed by atoms with Crippen molar-refractivity contribution in [1.29, 1.82) is 0 Å². The molecule has 9 heteroatoms. The van der Waals surface area contributed by atoms with Gasteiger partial charge in [-0.25, -0.2) is 13.4 Å². The van der Waals surface area contributed by atoms with E-state index >= 15 is 0 Å². The summed E-state index contributed by atoms with van der Waals surface area (Å²) in [4.78, 5) is 17.3. The molecule has 1 aliphatic heterocycles. The van der Waals surface area contributed by atoms with Crippen LogP contribution in [0.1, 0.15) is 6.42 Å². The van der Waals surface area contributed by atoms with Crippen LogP contribution in [0.5, 0.6) is 0 Å². The quantitative estimate of drug-likeness (QED) is 0.678. The van der Waals surface area contributed by atoms with E-state index in [2.05, 4.69) is 10.3 Å². The van der Waals surface area contributed by atoms with E-state index in [1.807, 2.05) is 24.3 Å². The topological polar surface area (TPSA) is 81.1 Å². The molecule has 6 nitrogen and oxygen atoms in total. The lowest BCUT2D eigenvalue weighted by atomic mass is 10.2. The van der Waals surface area contributed by atoms with Crippen LogP contribution < -0.4 is 5.32 Å². The van der Waals surface area contributed by atoms with Crippen LogP contribution in [0.25, 0.3) is 22.4 Å². The first-order chi connectivity index (χ1) is 13.3. The largest absolute Gasteiger partial charge is 0.351 e. The normalized spacial score (nSPS) is 18.4. The molecule has 4 rings (SSSR count). The summed E-state index contributed by atoms with van der Waals surface area (Å²) in [6.07, 6.45) is 0.436. The van der Waals surface area contributed by atoms with Crippen LogP contribution in [-0.2, 0) is 21.2 Å². The number of carbonyl (C=O) groups is 1. The van der Waals surface area contributed by atoms with Gasteiger partial charge in [-0.3, -0.25) is 4.79 Å². The van der Waals surface area contributed by atoms with Gasteiger partial charge in [0.25, 0.3) is 0 Å². The molecule has 3 aromatic rings. The van der Waals surface area contributed by atoms with Crippen LogP contribution in [0.3, 0.4) is 0 Å². The van der Waals surface area contributed by atoms with Gasteiger partial charge in [0.15, 0.2) is 9.84 Å². The fourth-order valence-corrected chi connectivity index (χ4v) is 5.50. The number of aromatic nitrogens is 2. The van der Waals surface area contributed by atoms with Crippen molar-refractivity contribution in [3.63, 3.8) is 0 Å². The monoisotopic (exact) mass is 437 g/mol. The molecule has 2 aromatic carbocycles. The maximum absolute atomic E-state index is 12.6. The van der Waals surface area contributed by atoms with Crippen molar-refractivity contribution in [3.05, 3.63) is 52.5 Å². The summed E-state index contributed by atoms with van der Waals surface area (Å²) in [5.74, 6) is 0.346. The van der Waals surface area contributed by atoms with Gasteiger partial charge >= 0.3 is 0 Å². The molecular formula is C19H17Cl2N3O3S. The van der Waals surface area contributed by atoms with Crippen LogP contribution in [0.15, 0.2) is 42.5 Å². The second kappa shape index (κ2) is 7.39. The third kappa shape index (κ3) is 3.74. The van der Waals surface area contributed by atoms with Crippen LogP contribution in [0.4, 0.5) is 0 Å². The zero-order valence-corrected chi connectivity index (χ0v) is 17.1. The summed E-state index contributed by atoms with van der Waals surface area (Å²) >= 11 is 12.5. The van der Waals surface area contributed by atoms with E-state index in [9.17, 15) is 13.2 Å². The molecular weight excluding hydrogens is 421 g/mol. The summed E-state index contributed by atoms with van der Waals surface area (Å²) < 4.78 is 25.0. The van der Waals surface area contributed by atoms with Crippen molar-refractivity contribution in [2.24, 2.45) is 0 Å². The summed E-state index contributed by atoms with van der Waals surface area (Å²) in [7, 11) is -3.07. The Hall–Kier alpha value is -2.09. The highest BCUT2D eigenvalue weighted by atomic mass is 35.5. The molecule has 2 heterocycles. The number of rotatable bonds is 4. The van der Waals surface area contributed by atoms with Crippen molar-refractivity contribution >= 4 is 50.0 Å². The molecule has 0 saturated carbocycles. The minimum atomic E-state index is -3.07. The first-order valence-corrected chi connectivity index (χ1v) is 11.3. The Bertz CT molecular complexity index is 1170. The predicted octanol–water partition coefficient (Wildman–Crippen LogP) is 3.31. The molecule has 28 heavy (non-hydrogen) atoms. The van der Waals surface area contributed by atoms with E-state index in [0.717, 1.165) is 11.0 Å². The predicted molar refractivity (Wildman–Crippen MR) is 110 cm³/mol. The van der Waals surface area contributed by atoms with Gasteiger partial charge in [0.2, 0.25) is 5.91 Å². The van der Waals surface area contributed by atoms with Gasteiger partial charge in [-0.1, -0.05) is 41.4 Å². The van der Waals surface area contributed by atoms with Crippen LogP contribution in [-0.4, -0.2) is 41.4 Å². The highest BCUT2D eigenvalue weighted by Crippen LogP contribution is 2.34. The minimum Gasteiger partial charge on any atom is -0.351 e. The second-order valence-electron chi connectivity index (χ2n) is 6.78. The Morgan fingerprint density at radius 1 is 1.18 bits per heavy atom. The van der Waals surface area contributed by atoms with Gasteiger partial charge < -0.3 is 9.88 Å². The summed E-state index contributed by atoms with van der Waals surface area (Å²) in [5, 5.41) is 3.58. The number of nitrogens with one attached hydrogen (secondary N) is 1. The van der Waals surface area contributed by atoms with E-state index in [-0.39, 0.29) is 30.0 Å².